The number of rotatable bonds is 4. The van der Waals surface area contributed by atoms with E-state index in [1.54, 1.807) is 11.0 Å². The van der Waals surface area contributed by atoms with Gasteiger partial charge >= 0.3 is 12.1 Å². The number of fused-ring (bicyclic) bond motifs is 1. The summed E-state index contributed by atoms with van der Waals surface area (Å²) in [5.41, 5.74) is 2.62. The maximum atomic E-state index is 13.2. The third kappa shape index (κ3) is 3.53. The standard InChI is InChI=1S/C20H19F3N2O2S/c1-11-2-4-12(5-3-11)17-14(6-7-28-17)18(26)25-10-13-8-15(13)16(25)9-24-19(27)20(21,22)23/h2-7,13,15-16H,8-10H2,1H3,(H,24,27)/t13-,15-,16+/m0/s1. The molecule has 1 saturated carbocycles. The third-order valence-corrected chi connectivity index (χ3v) is 6.47. The van der Waals surface area contributed by atoms with Crippen molar-refractivity contribution in [1.29, 1.82) is 0 Å². The molecule has 148 valence electrons. The highest BCUT2D eigenvalue weighted by atomic mass is 32.1. The number of likely N-dealkylation sites (tertiary alicyclic amines) is 1. The Balaban J connectivity index is 1.53. The summed E-state index contributed by atoms with van der Waals surface area (Å²) in [7, 11) is 0. The van der Waals surface area contributed by atoms with E-state index in [4.69, 9.17) is 0 Å². The van der Waals surface area contributed by atoms with Crippen molar-refractivity contribution in [2.24, 2.45) is 11.8 Å². The van der Waals surface area contributed by atoms with Crippen molar-refractivity contribution in [2.75, 3.05) is 13.1 Å². The van der Waals surface area contributed by atoms with Gasteiger partial charge in [0.25, 0.3) is 5.91 Å². The molecule has 2 heterocycles. The molecule has 4 nitrogen and oxygen atoms in total. The van der Waals surface area contributed by atoms with Gasteiger partial charge in [-0.05, 0) is 42.2 Å². The number of nitrogens with zero attached hydrogens (tertiary/aromatic N) is 1. The zero-order valence-electron chi connectivity index (χ0n) is 15.1. The predicted octanol–water partition coefficient (Wildman–Crippen LogP) is 3.86. The zero-order valence-corrected chi connectivity index (χ0v) is 15.9. The van der Waals surface area contributed by atoms with Crippen LogP contribution in [0.25, 0.3) is 10.4 Å². The molecule has 2 amide bonds. The Labute approximate surface area is 164 Å². The van der Waals surface area contributed by atoms with Gasteiger partial charge in [0.2, 0.25) is 0 Å². The normalized spacial score (nSPS) is 23.4. The van der Waals surface area contributed by atoms with E-state index in [2.05, 4.69) is 0 Å². The van der Waals surface area contributed by atoms with Crippen LogP contribution in [-0.2, 0) is 4.79 Å². The number of halogens is 3. The molecule has 1 saturated heterocycles. The summed E-state index contributed by atoms with van der Waals surface area (Å²) >= 11 is 1.46. The van der Waals surface area contributed by atoms with Crippen molar-refractivity contribution in [3.05, 3.63) is 46.8 Å². The molecule has 1 aromatic heterocycles. The van der Waals surface area contributed by atoms with Crippen LogP contribution in [0.2, 0.25) is 0 Å². The molecule has 4 rings (SSSR count). The fourth-order valence-electron chi connectivity index (χ4n) is 3.92. The number of alkyl halides is 3. The molecule has 1 aromatic carbocycles. The van der Waals surface area contributed by atoms with Gasteiger partial charge in [-0.25, -0.2) is 0 Å². The average molecular weight is 408 g/mol. The van der Waals surface area contributed by atoms with Crippen LogP contribution in [0.15, 0.2) is 35.7 Å². The molecule has 0 radical (unpaired) electrons. The lowest BCUT2D eigenvalue weighted by atomic mass is 10.1. The van der Waals surface area contributed by atoms with Crippen molar-refractivity contribution >= 4 is 23.2 Å². The van der Waals surface area contributed by atoms with Gasteiger partial charge in [0.15, 0.2) is 0 Å². The summed E-state index contributed by atoms with van der Waals surface area (Å²) < 4.78 is 37.5. The molecule has 1 aliphatic carbocycles. The molecule has 2 aliphatic rings. The lowest BCUT2D eigenvalue weighted by molar-refractivity contribution is -0.173. The first-order valence-electron chi connectivity index (χ1n) is 9.06. The molecule has 1 N–H and O–H groups in total. The maximum Gasteiger partial charge on any atom is 0.471 e. The first-order chi connectivity index (χ1) is 13.3. The van der Waals surface area contributed by atoms with Crippen molar-refractivity contribution in [3.8, 4) is 10.4 Å². The van der Waals surface area contributed by atoms with Crippen LogP contribution in [0, 0.1) is 18.8 Å². The van der Waals surface area contributed by atoms with Crippen LogP contribution in [0.5, 0.6) is 0 Å². The van der Waals surface area contributed by atoms with Gasteiger partial charge in [-0.3, -0.25) is 9.59 Å². The van der Waals surface area contributed by atoms with E-state index < -0.39 is 18.1 Å². The zero-order chi connectivity index (χ0) is 20.1. The third-order valence-electron chi connectivity index (χ3n) is 5.50. The molecule has 8 heteroatoms. The summed E-state index contributed by atoms with van der Waals surface area (Å²) in [6.45, 7) is 2.34. The van der Waals surface area contributed by atoms with Crippen molar-refractivity contribution in [3.63, 3.8) is 0 Å². The van der Waals surface area contributed by atoms with Gasteiger partial charge in [-0.2, -0.15) is 13.2 Å². The van der Waals surface area contributed by atoms with E-state index in [-0.39, 0.29) is 18.4 Å². The number of hydrogen-bond donors (Lipinski definition) is 1. The fourth-order valence-corrected chi connectivity index (χ4v) is 4.82. The summed E-state index contributed by atoms with van der Waals surface area (Å²) in [5.74, 6) is -1.66. The van der Waals surface area contributed by atoms with E-state index in [0.29, 0.717) is 18.0 Å². The lowest BCUT2D eigenvalue weighted by Gasteiger charge is -2.28. The molecule has 1 aliphatic heterocycles. The summed E-state index contributed by atoms with van der Waals surface area (Å²) in [6, 6.07) is 9.24. The molecule has 0 spiro atoms. The van der Waals surface area contributed by atoms with Crippen molar-refractivity contribution in [1.82, 2.24) is 10.2 Å². The van der Waals surface area contributed by atoms with Crippen LogP contribution in [0.4, 0.5) is 13.2 Å². The van der Waals surface area contributed by atoms with Crippen molar-refractivity contribution in [2.45, 2.75) is 25.6 Å². The maximum absolute atomic E-state index is 13.2. The van der Waals surface area contributed by atoms with Crippen LogP contribution in [-0.4, -0.2) is 42.0 Å². The van der Waals surface area contributed by atoms with E-state index in [9.17, 15) is 22.8 Å². The van der Waals surface area contributed by atoms with Crippen LogP contribution in [0.1, 0.15) is 22.3 Å². The van der Waals surface area contributed by atoms with Crippen LogP contribution < -0.4 is 5.32 Å². The number of nitrogens with one attached hydrogen (secondary N) is 1. The lowest BCUT2D eigenvalue weighted by Crippen LogP contribution is -2.48. The van der Waals surface area contributed by atoms with Gasteiger partial charge in [0, 0.05) is 18.0 Å². The fraction of sp³-hybridized carbons (Fsp3) is 0.400. The van der Waals surface area contributed by atoms with E-state index >= 15 is 0 Å². The number of piperidine rings is 1. The average Bonchev–Trinajstić information content (AvgIpc) is 3.09. The molecular formula is C20H19F3N2O2S. The monoisotopic (exact) mass is 408 g/mol. The minimum atomic E-state index is -4.91. The summed E-state index contributed by atoms with van der Waals surface area (Å²) in [4.78, 5) is 26.8. The van der Waals surface area contributed by atoms with Gasteiger partial charge in [-0.15, -0.1) is 11.3 Å². The molecule has 3 atom stereocenters. The van der Waals surface area contributed by atoms with Gasteiger partial charge in [0.05, 0.1) is 11.6 Å². The Kier molecular flexibility index (Phi) is 4.69. The highest BCUT2D eigenvalue weighted by Crippen LogP contribution is 2.50. The minimum Gasteiger partial charge on any atom is -0.346 e. The second kappa shape index (κ2) is 6.92. The number of thiophene rings is 1. The molecule has 0 bridgehead atoms. The summed E-state index contributed by atoms with van der Waals surface area (Å²) in [5, 5.41) is 3.80. The Morgan fingerprint density at radius 3 is 2.61 bits per heavy atom. The smallest absolute Gasteiger partial charge is 0.346 e. The Bertz CT molecular complexity index is 907. The number of hydrogen-bond acceptors (Lipinski definition) is 3. The highest BCUT2D eigenvalue weighted by Gasteiger charge is 2.54. The van der Waals surface area contributed by atoms with Crippen molar-refractivity contribution < 1.29 is 22.8 Å². The number of amides is 2. The van der Waals surface area contributed by atoms with E-state index in [0.717, 1.165) is 22.4 Å². The SMILES string of the molecule is Cc1ccc(-c2sccc2C(=O)N2C[C@@H]3C[C@@H]3[C@H]2CNC(=O)C(F)(F)F)cc1. The minimum absolute atomic E-state index is 0.166. The van der Waals surface area contributed by atoms with Gasteiger partial charge in [-0.1, -0.05) is 29.8 Å². The number of benzene rings is 1. The second-order valence-electron chi connectivity index (χ2n) is 7.42. The van der Waals surface area contributed by atoms with Crippen LogP contribution >= 0.6 is 11.3 Å². The summed E-state index contributed by atoms with van der Waals surface area (Å²) in [6.07, 6.45) is -4.02. The Morgan fingerprint density at radius 1 is 1.21 bits per heavy atom. The molecule has 2 aromatic rings. The number of aryl methyl sites for hydroxylation is 1. The number of carbonyl (C=O) groups is 2. The molecule has 0 unspecified atom stereocenters. The molecular weight excluding hydrogens is 389 g/mol. The highest BCUT2D eigenvalue weighted by molar-refractivity contribution is 7.14. The molecule has 2 fully saturated rings. The van der Waals surface area contributed by atoms with Crippen LogP contribution in [0.3, 0.4) is 0 Å². The quantitative estimate of drug-likeness (QED) is 0.835. The molecule has 28 heavy (non-hydrogen) atoms. The number of carbonyl (C=O) groups excluding carboxylic acids is 2. The predicted molar refractivity (Wildman–Crippen MR) is 100.0 cm³/mol. The van der Waals surface area contributed by atoms with Gasteiger partial charge in [0.1, 0.15) is 0 Å². The van der Waals surface area contributed by atoms with Gasteiger partial charge < -0.3 is 10.2 Å². The first kappa shape index (κ1) is 19.0. The Morgan fingerprint density at radius 2 is 1.93 bits per heavy atom. The second-order valence-corrected chi connectivity index (χ2v) is 8.34. The van der Waals surface area contributed by atoms with E-state index in [1.807, 2.05) is 41.9 Å². The Hall–Kier alpha value is -2.35. The largest absolute Gasteiger partial charge is 0.471 e. The first-order valence-corrected chi connectivity index (χ1v) is 9.94. The topological polar surface area (TPSA) is 49.4 Å². The van der Waals surface area contributed by atoms with E-state index in [1.165, 1.54) is 11.3 Å².